The second-order valence-corrected chi connectivity index (χ2v) is 7.20. The van der Waals surface area contributed by atoms with Gasteiger partial charge >= 0.3 is 0 Å². The molecule has 0 spiro atoms. The van der Waals surface area contributed by atoms with Crippen molar-refractivity contribution in [2.45, 2.75) is 19.4 Å². The largest absolute Gasteiger partial charge is 0.367 e. The van der Waals surface area contributed by atoms with Crippen LogP contribution in [0.25, 0.3) is 22.0 Å². The van der Waals surface area contributed by atoms with Gasteiger partial charge in [0.05, 0.1) is 12.1 Å². The number of pyridine rings is 1. The van der Waals surface area contributed by atoms with E-state index in [1.54, 1.807) is 0 Å². The van der Waals surface area contributed by atoms with Crippen LogP contribution in [0.15, 0.2) is 54.7 Å². The zero-order valence-corrected chi connectivity index (χ0v) is 14.5. The van der Waals surface area contributed by atoms with Gasteiger partial charge < -0.3 is 9.64 Å². The van der Waals surface area contributed by atoms with Gasteiger partial charge in [0.25, 0.3) is 5.91 Å². The SMILES string of the molecule is O=C1COCc2ccc(-c3cnc4ccccc4c3)cc2N1CC1CC1. The number of hydrogen-bond acceptors (Lipinski definition) is 3. The van der Waals surface area contributed by atoms with Crippen LogP contribution >= 0.6 is 0 Å². The van der Waals surface area contributed by atoms with Crippen molar-refractivity contribution in [3.05, 3.63) is 60.3 Å². The third kappa shape index (κ3) is 2.86. The van der Waals surface area contributed by atoms with Crippen LogP contribution in [0.3, 0.4) is 0 Å². The van der Waals surface area contributed by atoms with Crippen LogP contribution in [0, 0.1) is 5.92 Å². The zero-order valence-electron chi connectivity index (χ0n) is 14.5. The van der Waals surface area contributed by atoms with Gasteiger partial charge in [-0.05, 0) is 42.5 Å². The second kappa shape index (κ2) is 6.22. The molecule has 2 aromatic carbocycles. The molecule has 1 aliphatic carbocycles. The monoisotopic (exact) mass is 344 g/mol. The minimum absolute atomic E-state index is 0.0597. The molecule has 1 saturated carbocycles. The standard InChI is InChI=1S/C22H20N2O2/c25-22-14-26-13-18-8-7-16(10-21(18)24(22)12-15-5-6-15)19-9-17-3-1-2-4-20(17)23-11-19/h1-4,7-11,15H,5-6,12-14H2. The number of nitrogens with zero attached hydrogens (tertiary/aromatic N) is 2. The second-order valence-electron chi connectivity index (χ2n) is 7.20. The average molecular weight is 344 g/mol. The molecule has 5 rings (SSSR count). The first kappa shape index (κ1) is 15.5. The van der Waals surface area contributed by atoms with Crippen molar-refractivity contribution in [2.24, 2.45) is 5.92 Å². The lowest BCUT2D eigenvalue weighted by molar-refractivity contribution is -0.123. The van der Waals surface area contributed by atoms with Crippen LogP contribution in [0.4, 0.5) is 5.69 Å². The zero-order chi connectivity index (χ0) is 17.5. The van der Waals surface area contributed by atoms with Crippen molar-refractivity contribution in [3.63, 3.8) is 0 Å². The van der Waals surface area contributed by atoms with Gasteiger partial charge in [-0.25, -0.2) is 0 Å². The number of anilines is 1. The van der Waals surface area contributed by atoms with Gasteiger partial charge in [-0.15, -0.1) is 0 Å². The number of carbonyl (C=O) groups excluding carboxylic acids is 1. The van der Waals surface area contributed by atoms with E-state index in [9.17, 15) is 4.79 Å². The molecule has 1 amide bonds. The topological polar surface area (TPSA) is 42.4 Å². The van der Waals surface area contributed by atoms with E-state index in [0.29, 0.717) is 12.5 Å². The highest BCUT2D eigenvalue weighted by atomic mass is 16.5. The van der Waals surface area contributed by atoms with Crippen LogP contribution in [0.5, 0.6) is 0 Å². The molecule has 2 aliphatic rings. The molecule has 130 valence electrons. The molecule has 0 saturated heterocycles. The van der Waals surface area contributed by atoms with Gasteiger partial charge in [0.1, 0.15) is 6.61 Å². The summed E-state index contributed by atoms with van der Waals surface area (Å²) in [5.41, 5.74) is 5.21. The molecule has 1 aliphatic heterocycles. The van der Waals surface area contributed by atoms with Gasteiger partial charge in [0, 0.05) is 34.9 Å². The fraction of sp³-hybridized carbons (Fsp3) is 0.273. The van der Waals surface area contributed by atoms with Gasteiger partial charge in [-0.2, -0.15) is 0 Å². The van der Waals surface area contributed by atoms with Gasteiger partial charge in [0.2, 0.25) is 0 Å². The molecular formula is C22H20N2O2. The molecule has 1 fully saturated rings. The van der Waals surface area contributed by atoms with E-state index in [1.807, 2.05) is 29.3 Å². The van der Waals surface area contributed by atoms with Gasteiger partial charge in [-0.3, -0.25) is 9.78 Å². The molecule has 0 unspecified atom stereocenters. The summed E-state index contributed by atoms with van der Waals surface area (Å²) >= 11 is 0. The number of hydrogen-bond donors (Lipinski definition) is 0. The van der Waals surface area contributed by atoms with E-state index < -0.39 is 0 Å². The molecular weight excluding hydrogens is 324 g/mol. The van der Waals surface area contributed by atoms with Crippen LogP contribution in [-0.2, 0) is 16.1 Å². The van der Waals surface area contributed by atoms with E-state index >= 15 is 0 Å². The quantitative estimate of drug-likeness (QED) is 0.716. The van der Waals surface area contributed by atoms with Crippen molar-refractivity contribution in [3.8, 4) is 11.1 Å². The molecule has 4 heteroatoms. The highest BCUT2D eigenvalue weighted by molar-refractivity contribution is 5.96. The fourth-order valence-electron chi connectivity index (χ4n) is 3.56. The summed E-state index contributed by atoms with van der Waals surface area (Å²) in [6, 6.07) is 16.6. The van der Waals surface area contributed by atoms with E-state index in [2.05, 4.69) is 35.3 Å². The Morgan fingerprint density at radius 1 is 1.04 bits per heavy atom. The van der Waals surface area contributed by atoms with Crippen LogP contribution in [0.2, 0.25) is 0 Å². The van der Waals surface area contributed by atoms with E-state index in [4.69, 9.17) is 4.74 Å². The number of ether oxygens (including phenoxy) is 1. The maximum Gasteiger partial charge on any atom is 0.253 e. The first-order valence-electron chi connectivity index (χ1n) is 9.14. The Bertz CT molecular complexity index is 994. The third-order valence-electron chi connectivity index (χ3n) is 5.22. The normalized spacial score (nSPS) is 17.2. The molecule has 26 heavy (non-hydrogen) atoms. The van der Waals surface area contributed by atoms with Crippen molar-refractivity contribution >= 4 is 22.5 Å². The summed E-state index contributed by atoms with van der Waals surface area (Å²) in [6.07, 6.45) is 4.34. The Morgan fingerprint density at radius 2 is 1.92 bits per heavy atom. The Kier molecular flexibility index (Phi) is 3.71. The molecule has 4 nitrogen and oxygen atoms in total. The molecule has 3 aromatic rings. The maximum absolute atomic E-state index is 12.6. The third-order valence-corrected chi connectivity index (χ3v) is 5.22. The Labute approximate surface area is 152 Å². The van der Waals surface area contributed by atoms with Crippen molar-refractivity contribution in [1.82, 2.24) is 4.98 Å². The Morgan fingerprint density at radius 3 is 2.81 bits per heavy atom. The van der Waals surface area contributed by atoms with Crippen LogP contribution in [0.1, 0.15) is 18.4 Å². The molecule has 0 bridgehead atoms. The Hall–Kier alpha value is -2.72. The number of aromatic nitrogens is 1. The smallest absolute Gasteiger partial charge is 0.253 e. The van der Waals surface area contributed by atoms with Crippen molar-refractivity contribution in [1.29, 1.82) is 0 Å². The number of carbonyl (C=O) groups is 1. The molecule has 0 radical (unpaired) electrons. The first-order valence-corrected chi connectivity index (χ1v) is 9.14. The Balaban J connectivity index is 1.58. The lowest BCUT2D eigenvalue weighted by Crippen LogP contribution is -2.34. The lowest BCUT2D eigenvalue weighted by atomic mass is 10.0. The van der Waals surface area contributed by atoms with Crippen molar-refractivity contribution in [2.75, 3.05) is 18.1 Å². The summed E-state index contributed by atoms with van der Waals surface area (Å²) in [4.78, 5) is 19.1. The van der Waals surface area contributed by atoms with Crippen LogP contribution < -0.4 is 4.90 Å². The summed E-state index contributed by atoms with van der Waals surface area (Å²) in [5.74, 6) is 0.695. The predicted molar refractivity (Wildman–Crippen MR) is 102 cm³/mol. The van der Waals surface area contributed by atoms with Gasteiger partial charge in [0.15, 0.2) is 0 Å². The molecule has 0 N–H and O–H groups in total. The average Bonchev–Trinajstić information content (AvgIpc) is 3.51. The summed E-state index contributed by atoms with van der Waals surface area (Å²) in [7, 11) is 0. The van der Waals surface area contributed by atoms with E-state index in [-0.39, 0.29) is 12.5 Å². The summed E-state index contributed by atoms with van der Waals surface area (Å²) in [6.45, 7) is 1.45. The maximum atomic E-state index is 12.6. The van der Waals surface area contributed by atoms with Gasteiger partial charge in [-0.1, -0.05) is 30.3 Å². The van der Waals surface area contributed by atoms with Crippen molar-refractivity contribution < 1.29 is 9.53 Å². The number of amides is 1. The fourth-order valence-corrected chi connectivity index (χ4v) is 3.56. The molecule has 2 heterocycles. The number of rotatable bonds is 3. The first-order chi connectivity index (χ1) is 12.8. The summed E-state index contributed by atoms with van der Waals surface area (Å²) in [5, 5.41) is 1.12. The summed E-state index contributed by atoms with van der Waals surface area (Å²) < 4.78 is 5.57. The highest BCUT2D eigenvalue weighted by Gasteiger charge is 2.30. The molecule has 1 aromatic heterocycles. The number of fused-ring (bicyclic) bond motifs is 2. The van der Waals surface area contributed by atoms with Crippen LogP contribution in [-0.4, -0.2) is 24.0 Å². The highest BCUT2D eigenvalue weighted by Crippen LogP contribution is 2.36. The minimum Gasteiger partial charge on any atom is -0.367 e. The number of benzene rings is 2. The molecule has 0 atom stereocenters. The van der Waals surface area contributed by atoms with E-state index in [0.717, 1.165) is 39.8 Å². The number of para-hydroxylation sites is 1. The minimum atomic E-state index is 0.0597. The lowest BCUT2D eigenvalue weighted by Gasteiger charge is -2.23. The predicted octanol–water partition coefficient (Wildman–Crippen LogP) is 4.18. The van der Waals surface area contributed by atoms with E-state index in [1.165, 1.54) is 12.8 Å².